The van der Waals surface area contributed by atoms with E-state index in [1.165, 1.54) is 6.92 Å². The summed E-state index contributed by atoms with van der Waals surface area (Å²) in [5, 5.41) is 0. The van der Waals surface area contributed by atoms with Crippen LogP contribution in [0.15, 0.2) is 0 Å². The molecule has 0 amide bonds. The molecule has 0 saturated heterocycles. The van der Waals surface area contributed by atoms with E-state index < -0.39 is 30.7 Å². The maximum absolute atomic E-state index is 12.1. The monoisotopic (exact) mass is 247 g/mol. The van der Waals surface area contributed by atoms with Crippen molar-refractivity contribution in [1.29, 1.82) is 0 Å². The van der Waals surface area contributed by atoms with Crippen molar-refractivity contribution in [2.75, 3.05) is 0 Å². The molecular formula is C9H11F6N. The highest BCUT2D eigenvalue weighted by molar-refractivity contribution is 4.96. The zero-order valence-corrected chi connectivity index (χ0v) is 8.41. The van der Waals surface area contributed by atoms with Crippen LogP contribution in [0.4, 0.5) is 26.3 Å². The third-order valence-electron chi connectivity index (χ3n) is 1.91. The van der Waals surface area contributed by atoms with Crippen molar-refractivity contribution in [2.24, 2.45) is 11.7 Å². The minimum absolute atomic E-state index is 0.0830. The summed E-state index contributed by atoms with van der Waals surface area (Å²) in [6, 6.07) is -2.01. The van der Waals surface area contributed by atoms with E-state index >= 15 is 0 Å². The fraction of sp³-hybridized carbons (Fsp3) is 0.778. The van der Waals surface area contributed by atoms with Crippen molar-refractivity contribution in [3.8, 4) is 11.8 Å². The maximum Gasteiger partial charge on any atom is 0.401 e. The van der Waals surface area contributed by atoms with Gasteiger partial charge < -0.3 is 5.73 Å². The maximum atomic E-state index is 12.1. The van der Waals surface area contributed by atoms with E-state index in [-0.39, 0.29) is 6.42 Å². The molecule has 0 aromatic rings. The number of nitrogens with two attached hydrogens (primary N) is 1. The van der Waals surface area contributed by atoms with Gasteiger partial charge in [0.05, 0.1) is 0 Å². The molecule has 0 spiro atoms. The largest absolute Gasteiger partial charge is 0.401 e. The Balaban J connectivity index is 4.70. The molecule has 0 radical (unpaired) electrons. The van der Waals surface area contributed by atoms with Gasteiger partial charge in [0.25, 0.3) is 0 Å². The highest BCUT2D eigenvalue weighted by Gasteiger charge is 2.59. The van der Waals surface area contributed by atoms with E-state index in [0.717, 1.165) is 0 Å². The lowest BCUT2D eigenvalue weighted by Gasteiger charge is -2.27. The molecule has 0 bridgehead atoms. The van der Waals surface area contributed by atoms with E-state index in [1.807, 2.05) is 0 Å². The van der Waals surface area contributed by atoms with Gasteiger partial charge in [-0.1, -0.05) is 0 Å². The van der Waals surface area contributed by atoms with E-state index in [0.29, 0.717) is 0 Å². The van der Waals surface area contributed by atoms with E-state index in [4.69, 9.17) is 5.73 Å². The molecule has 7 heteroatoms. The zero-order chi connectivity index (χ0) is 13.0. The topological polar surface area (TPSA) is 26.0 Å². The molecule has 1 atom stereocenters. The second kappa shape index (κ2) is 5.43. The average Bonchev–Trinajstić information content (AvgIpc) is 1.98. The van der Waals surface area contributed by atoms with Crippen LogP contribution in [0.25, 0.3) is 0 Å². The first-order valence-electron chi connectivity index (χ1n) is 4.39. The SMILES string of the molecule is CC#CCCC(N)C(C(F)(F)F)C(F)(F)F. The van der Waals surface area contributed by atoms with Crippen LogP contribution in [0.2, 0.25) is 0 Å². The van der Waals surface area contributed by atoms with Gasteiger partial charge in [-0.3, -0.25) is 0 Å². The Morgan fingerprint density at radius 3 is 1.81 bits per heavy atom. The Kier molecular flexibility index (Phi) is 5.13. The predicted molar refractivity (Wildman–Crippen MR) is 46.3 cm³/mol. The minimum Gasteiger partial charge on any atom is -0.327 e. The summed E-state index contributed by atoms with van der Waals surface area (Å²) in [5.74, 6) is 1.26. The lowest BCUT2D eigenvalue weighted by atomic mass is 9.95. The minimum atomic E-state index is -5.38. The summed E-state index contributed by atoms with van der Waals surface area (Å²) in [6.07, 6.45) is -11.3. The molecule has 16 heavy (non-hydrogen) atoms. The fourth-order valence-corrected chi connectivity index (χ4v) is 1.20. The average molecular weight is 247 g/mol. The molecule has 0 aliphatic heterocycles. The summed E-state index contributed by atoms with van der Waals surface area (Å²) < 4.78 is 72.8. The van der Waals surface area contributed by atoms with Crippen LogP contribution in [-0.2, 0) is 0 Å². The molecule has 1 nitrogen and oxygen atoms in total. The summed E-state index contributed by atoms with van der Waals surface area (Å²) in [6.45, 7) is 1.44. The molecule has 0 aliphatic rings. The van der Waals surface area contributed by atoms with Gasteiger partial charge >= 0.3 is 12.4 Å². The molecule has 0 aliphatic carbocycles. The molecule has 0 heterocycles. The predicted octanol–water partition coefficient (Wildman–Crippen LogP) is 2.86. The summed E-state index contributed by atoms with van der Waals surface area (Å²) in [5.41, 5.74) is 4.92. The van der Waals surface area contributed by atoms with Crippen LogP contribution in [0, 0.1) is 17.8 Å². The molecule has 2 N–H and O–H groups in total. The quantitative estimate of drug-likeness (QED) is 0.602. The Hall–Kier alpha value is -0.900. The van der Waals surface area contributed by atoms with Crippen molar-refractivity contribution in [3.63, 3.8) is 0 Å². The highest BCUT2D eigenvalue weighted by Crippen LogP contribution is 2.41. The molecule has 0 aromatic heterocycles. The standard InChI is InChI=1S/C9H11F6N/c1-2-3-4-5-6(16)7(8(10,11)12)9(13,14)15/h6-7H,4-5,16H2,1H3. The molecular weight excluding hydrogens is 236 g/mol. The number of rotatable bonds is 3. The third-order valence-corrected chi connectivity index (χ3v) is 1.91. The molecule has 0 aromatic carbocycles. The van der Waals surface area contributed by atoms with Gasteiger partial charge in [0.1, 0.15) is 0 Å². The summed E-state index contributed by atoms with van der Waals surface area (Å²) in [7, 11) is 0. The normalized spacial score (nSPS) is 14.6. The van der Waals surface area contributed by atoms with Gasteiger partial charge in [-0.25, -0.2) is 0 Å². The van der Waals surface area contributed by atoms with Gasteiger partial charge in [-0.15, -0.1) is 11.8 Å². The van der Waals surface area contributed by atoms with Crippen LogP contribution in [-0.4, -0.2) is 18.4 Å². The molecule has 0 saturated carbocycles. The lowest BCUT2D eigenvalue weighted by molar-refractivity contribution is -0.289. The molecule has 1 unspecified atom stereocenters. The van der Waals surface area contributed by atoms with Gasteiger partial charge in [-0.05, 0) is 13.3 Å². The van der Waals surface area contributed by atoms with E-state index in [2.05, 4.69) is 11.8 Å². The molecule has 94 valence electrons. The highest BCUT2D eigenvalue weighted by atomic mass is 19.4. The molecule has 0 fully saturated rings. The Morgan fingerprint density at radius 2 is 1.50 bits per heavy atom. The van der Waals surface area contributed by atoms with E-state index in [1.54, 1.807) is 0 Å². The van der Waals surface area contributed by atoms with Crippen LogP contribution in [0.3, 0.4) is 0 Å². The molecule has 0 rings (SSSR count). The van der Waals surface area contributed by atoms with Crippen molar-refractivity contribution < 1.29 is 26.3 Å². The summed E-state index contributed by atoms with van der Waals surface area (Å²) in [4.78, 5) is 0. The second-order valence-electron chi connectivity index (χ2n) is 3.19. The second-order valence-corrected chi connectivity index (χ2v) is 3.19. The first kappa shape index (κ1) is 15.1. The summed E-state index contributed by atoms with van der Waals surface area (Å²) >= 11 is 0. The number of hydrogen-bond acceptors (Lipinski definition) is 1. The van der Waals surface area contributed by atoms with Gasteiger partial charge in [-0.2, -0.15) is 26.3 Å². The number of alkyl halides is 6. The zero-order valence-electron chi connectivity index (χ0n) is 8.41. The fourth-order valence-electron chi connectivity index (χ4n) is 1.20. The van der Waals surface area contributed by atoms with Crippen LogP contribution >= 0.6 is 0 Å². The first-order valence-corrected chi connectivity index (χ1v) is 4.39. The van der Waals surface area contributed by atoms with Crippen LogP contribution in [0.1, 0.15) is 19.8 Å². The van der Waals surface area contributed by atoms with Gasteiger partial charge in [0, 0.05) is 12.5 Å². The van der Waals surface area contributed by atoms with Crippen molar-refractivity contribution in [3.05, 3.63) is 0 Å². The van der Waals surface area contributed by atoms with Crippen molar-refractivity contribution in [1.82, 2.24) is 0 Å². The van der Waals surface area contributed by atoms with Crippen LogP contribution in [0.5, 0.6) is 0 Å². The van der Waals surface area contributed by atoms with Crippen molar-refractivity contribution in [2.45, 2.75) is 38.2 Å². The van der Waals surface area contributed by atoms with Gasteiger partial charge in [0.2, 0.25) is 0 Å². The van der Waals surface area contributed by atoms with Gasteiger partial charge in [0.15, 0.2) is 5.92 Å². The van der Waals surface area contributed by atoms with E-state index in [9.17, 15) is 26.3 Å². The smallest absolute Gasteiger partial charge is 0.327 e. The third kappa shape index (κ3) is 4.75. The first-order chi connectivity index (χ1) is 7.10. The number of halogens is 6. The van der Waals surface area contributed by atoms with Crippen molar-refractivity contribution >= 4 is 0 Å². The Morgan fingerprint density at radius 1 is 1.06 bits per heavy atom. The Bertz CT molecular complexity index is 254. The lowest BCUT2D eigenvalue weighted by Crippen LogP contribution is -2.48. The number of hydrogen-bond donors (Lipinski definition) is 1. The Labute approximate surface area is 89.0 Å². The van der Waals surface area contributed by atoms with Crippen LogP contribution < -0.4 is 5.73 Å².